The molecule has 0 saturated carbocycles. The quantitative estimate of drug-likeness (QED) is 0.786. The molecule has 2 heterocycles. The predicted molar refractivity (Wildman–Crippen MR) is 84.9 cm³/mol. The first-order valence-electron chi connectivity index (χ1n) is 7.73. The lowest BCUT2D eigenvalue weighted by molar-refractivity contribution is -0.137. The molecule has 118 valence electrons. The first-order valence-corrected chi connectivity index (χ1v) is 7.73. The number of amides is 1. The summed E-state index contributed by atoms with van der Waals surface area (Å²) < 4.78 is 0. The summed E-state index contributed by atoms with van der Waals surface area (Å²) >= 11 is 0. The number of rotatable bonds is 7. The van der Waals surface area contributed by atoms with Gasteiger partial charge in [-0.25, -0.2) is 4.98 Å². The molecule has 1 aliphatic rings. The van der Waals surface area contributed by atoms with Crippen LogP contribution in [0.5, 0.6) is 0 Å². The van der Waals surface area contributed by atoms with Crippen LogP contribution in [-0.2, 0) is 22.4 Å². The number of anilines is 1. The number of aromatic nitrogens is 1. The molecule has 1 N–H and O–H groups in total. The monoisotopic (exact) mass is 302 g/mol. The minimum atomic E-state index is -0.792. The third-order valence-electron chi connectivity index (χ3n) is 3.78. The number of aliphatic carboxylic acids is 1. The second kappa shape index (κ2) is 7.73. The van der Waals surface area contributed by atoms with Crippen molar-refractivity contribution in [3.63, 3.8) is 0 Å². The van der Waals surface area contributed by atoms with E-state index in [1.807, 2.05) is 12.1 Å². The number of pyridine rings is 1. The van der Waals surface area contributed by atoms with Gasteiger partial charge in [-0.15, -0.1) is 6.58 Å². The van der Waals surface area contributed by atoms with Crippen LogP contribution in [0.2, 0.25) is 0 Å². The number of hydrogen-bond acceptors (Lipinski definition) is 3. The third-order valence-corrected chi connectivity index (χ3v) is 3.78. The Labute approximate surface area is 130 Å². The molecule has 0 aromatic carbocycles. The van der Waals surface area contributed by atoms with Crippen LogP contribution in [-0.4, -0.2) is 28.5 Å². The van der Waals surface area contributed by atoms with Crippen molar-refractivity contribution in [1.82, 2.24) is 4.98 Å². The summed E-state index contributed by atoms with van der Waals surface area (Å²) in [4.78, 5) is 29.3. The van der Waals surface area contributed by atoms with Gasteiger partial charge < -0.3 is 5.11 Å². The summed E-state index contributed by atoms with van der Waals surface area (Å²) in [7, 11) is 0. The van der Waals surface area contributed by atoms with Gasteiger partial charge in [0.25, 0.3) is 0 Å². The van der Waals surface area contributed by atoms with Crippen LogP contribution in [0.1, 0.15) is 43.4 Å². The van der Waals surface area contributed by atoms with Crippen molar-refractivity contribution in [2.45, 2.75) is 44.9 Å². The molecule has 0 bridgehead atoms. The van der Waals surface area contributed by atoms with E-state index in [0.29, 0.717) is 32.2 Å². The van der Waals surface area contributed by atoms with Gasteiger partial charge in [0.2, 0.25) is 5.91 Å². The molecular weight excluding hydrogens is 280 g/mol. The van der Waals surface area contributed by atoms with E-state index in [9.17, 15) is 9.59 Å². The highest BCUT2D eigenvalue weighted by Crippen LogP contribution is 2.26. The summed E-state index contributed by atoms with van der Waals surface area (Å²) in [6.45, 7) is 4.35. The maximum Gasteiger partial charge on any atom is 0.303 e. The van der Waals surface area contributed by atoms with Crippen LogP contribution >= 0.6 is 0 Å². The maximum atomic E-state index is 12.3. The molecule has 5 nitrogen and oxygen atoms in total. The molecule has 1 amide bonds. The first kappa shape index (κ1) is 16.2. The van der Waals surface area contributed by atoms with E-state index in [2.05, 4.69) is 11.6 Å². The van der Waals surface area contributed by atoms with E-state index in [0.717, 1.165) is 29.9 Å². The van der Waals surface area contributed by atoms with Crippen LogP contribution in [0.3, 0.4) is 0 Å². The standard InChI is InChI=1S/C17H22N2O3/c1-2-3-8-15(20)19-12-5-6-13-10-11-14(18-17(13)19)7-4-9-16(21)22/h2,10-11H,1,3-9,12H2,(H,21,22). The largest absolute Gasteiger partial charge is 0.481 e. The Morgan fingerprint density at radius 3 is 2.91 bits per heavy atom. The van der Waals surface area contributed by atoms with Crippen LogP contribution in [0.4, 0.5) is 5.82 Å². The van der Waals surface area contributed by atoms with Gasteiger partial charge in [0.05, 0.1) is 0 Å². The van der Waals surface area contributed by atoms with Gasteiger partial charge in [0.15, 0.2) is 0 Å². The zero-order valence-corrected chi connectivity index (χ0v) is 12.8. The van der Waals surface area contributed by atoms with Gasteiger partial charge in [-0.2, -0.15) is 0 Å². The van der Waals surface area contributed by atoms with Crippen molar-refractivity contribution in [2.24, 2.45) is 0 Å². The number of allylic oxidation sites excluding steroid dienone is 1. The fourth-order valence-electron chi connectivity index (χ4n) is 2.64. The lowest BCUT2D eigenvalue weighted by Crippen LogP contribution is -2.36. The highest BCUT2D eigenvalue weighted by atomic mass is 16.4. The molecule has 1 aromatic heterocycles. The molecule has 1 aromatic rings. The van der Waals surface area contributed by atoms with Crippen molar-refractivity contribution in [3.8, 4) is 0 Å². The van der Waals surface area contributed by atoms with Gasteiger partial charge in [-0.1, -0.05) is 12.1 Å². The number of carbonyl (C=O) groups is 2. The molecule has 0 radical (unpaired) electrons. The number of hydrogen-bond donors (Lipinski definition) is 1. The van der Waals surface area contributed by atoms with Gasteiger partial charge >= 0.3 is 5.97 Å². The summed E-state index contributed by atoms with van der Waals surface area (Å²) in [5, 5.41) is 8.70. The van der Waals surface area contributed by atoms with Gasteiger partial charge in [-0.05, 0) is 43.7 Å². The van der Waals surface area contributed by atoms with E-state index in [-0.39, 0.29) is 12.3 Å². The van der Waals surface area contributed by atoms with E-state index in [1.54, 1.807) is 11.0 Å². The second-order valence-corrected chi connectivity index (χ2v) is 5.51. The third kappa shape index (κ3) is 4.16. The molecular formula is C17H22N2O3. The lowest BCUT2D eigenvalue weighted by atomic mass is 10.0. The summed E-state index contributed by atoms with van der Waals surface area (Å²) in [6.07, 6.45) is 6.08. The van der Waals surface area contributed by atoms with E-state index >= 15 is 0 Å². The second-order valence-electron chi connectivity index (χ2n) is 5.51. The van der Waals surface area contributed by atoms with Crippen molar-refractivity contribution in [1.29, 1.82) is 0 Å². The highest BCUT2D eigenvalue weighted by molar-refractivity contribution is 5.93. The van der Waals surface area contributed by atoms with Gasteiger partial charge in [0, 0.05) is 25.1 Å². The van der Waals surface area contributed by atoms with Crippen molar-refractivity contribution >= 4 is 17.7 Å². The molecule has 0 spiro atoms. The topological polar surface area (TPSA) is 70.5 Å². The number of carboxylic acids is 1. The van der Waals surface area contributed by atoms with Crippen LogP contribution in [0.15, 0.2) is 24.8 Å². The molecule has 0 saturated heterocycles. The molecule has 22 heavy (non-hydrogen) atoms. The first-order chi connectivity index (χ1) is 10.6. The molecule has 1 aliphatic heterocycles. The maximum absolute atomic E-state index is 12.3. The molecule has 5 heteroatoms. The average molecular weight is 302 g/mol. The predicted octanol–water partition coefficient (Wildman–Crippen LogP) is 2.73. The lowest BCUT2D eigenvalue weighted by Gasteiger charge is -2.28. The molecule has 0 atom stereocenters. The number of nitrogens with zero attached hydrogens (tertiary/aromatic N) is 2. The van der Waals surface area contributed by atoms with Crippen molar-refractivity contribution in [2.75, 3.05) is 11.4 Å². The zero-order valence-electron chi connectivity index (χ0n) is 12.8. The average Bonchev–Trinajstić information content (AvgIpc) is 2.51. The Morgan fingerprint density at radius 1 is 1.36 bits per heavy atom. The Morgan fingerprint density at radius 2 is 2.18 bits per heavy atom. The number of aryl methyl sites for hydroxylation is 2. The number of carbonyl (C=O) groups excluding carboxylic acids is 1. The Kier molecular flexibility index (Phi) is 5.69. The van der Waals surface area contributed by atoms with Gasteiger partial charge in [0.1, 0.15) is 5.82 Å². The van der Waals surface area contributed by atoms with Crippen molar-refractivity contribution in [3.05, 3.63) is 36.0 Å². The van der Waals surface area contributed by atoms with E-state index < -0.39 is 5.97 Å². The van der Waals surface area contributed by atoms with Crippen LogP contribution in [0.25, 0.3) is 0 Å². The van der Waals surface area contributed by atoms with E-state index in [1.165, 1.54) is 0 Å². The number of carboxylic acid groups (broad SMARTS) is 1. The van der Waals surface area contributed by atoms with Crippen molar-refractivity contribution < 1.29 is 14.7 Å². The smallest absolute Gasteiger partial charge is 0.303 e. The Bertz CT molecular complexity index is 569. The van der Waals surface area contributed by atoms with E-state index in [4.69, 9.17) is 5.11 Å². The SMILES string of the molecule is C=CCCC(=O)N1CCCc2ccc(CCCC(=O)O)nc21. The Hall–Kier alpha value is -2.17. The number of fused-ring (bicyclic) bond motifs is 1. The fourth-order valence-corrected chi connectivity index (χ4v) is 2.64. The minimum absolute atomic E-state index is 0.0797. The summed E-state index contributed by atoms with van der Waals surface area (Å²) in [5.74, 6) is 0.0448. The summed E-state index contributed by atoms with van der Waals surface area (Å²) in [5.41, 5.74) is 1.95. The molecule has 0 unspecified atom stereocenters. The molecule has 2 rings (SSSR count). The fraction of sp³-hybridized carbons (Fsp3) is 0.471. The van der Waals surface area contributed by atoms with Crippen LogP contribution < -0.4 is 4.90 Å². The normalized spacial score (nSPS) is 13.5. The molecule has 0 aliphatic carbocycles. The Balaban J connectivity index is 2.11. The highest BCUT2D eigenvalue weighted by Gasteiger charge is 2.23. The molecule has 0 fully saturated rings. The van der Waals surface area contributed by atoms with Crippen LogP contribution in [0, 0.1) is 0 Å². The summed E-state index contributed by atoms with van der Waals surface area (Å²) in [6, 6.07) is 3.96. The van der Waals surface area contributed by atoms with Gasteiger partial charge in [-0.3, -0.25) is 14.5 Å². The minimum Gasteiger partial charge on any atom is -0.481 e. The zero-order chi connectivity index (χ0) is 15.9.